The molecule has 0 unspecified atom stereocenters. The zero-order valence-electron chi connectivity index (χ0n) is 8.37. The SMILES string of the molecule is COc1ccc(NCCO)c(C)c1O. The lowest BCUT2D eigenvalue weighted by molar-refractivity contribution is 0.311. The molecule has 1 aromatic carbocycles. The maximum absolute atomic E-state index is 9.65. The molecule has 0 aliphatic heterocycles. The summed E-state index contributed by atoms with van der Waals surface area (Å²) in [5.74, 6) is 0.590. The van der Waals surface area contributed by atoms with Crippen LogP contribution in [0, 0.1) is 6.92 Å². The van der Waals surface area contributed by atoms with Crippen LogP contribution in [-0.2, 0) is 0 Å². The summed E-state index contributed by atoms with van der Waals surface area (Å²) in [7, 11) is 1.51. The smallest absolute Gasteiger partial charge is 0.162 e. The van der Waals surface area contributed by atoms with Gasteiger partial charge in [-0.1, -0.05) is 0 Å². The van der Waals surface area contributed by atoms with Crippen LogP contribution in [0.1, 0.15) is 5.56 Å². The standard InChI is InChI=1S/C10H15NO3/c1-7-8(11-5-6-12)3-4-9(14-2)10(7)13/h3-4,11-13H,5-6H2,1-2H3. The second kappa shape index (κ2) is 4.72. The van der Waals surface area contributed by atoms with E-state index in [2.05, 4.69) is 5.32 Å². The first-order valence-corrected chi connectivity index (χ1v) is 4.42. The molecule has 0 amide bonds. The summed E-state index contributed by atoms with van der Waals surface area (Å²) in [6.07, 6.45) is 0. The number of aliphatic hydroxyl groups excluding tert-OH is 1. The Morgan fingerprint density at radius 2 is 2.14 bits per heavy atom. The molecule has 14 heavy (non-hydrogen) atoms. The second-order valence-electron chi connectivity index (χ2n) is 2.94. The van der Waals surface area contributed by atoms with E-state index in [1.165, 1.54) is 7.11 Å². The van der Waals surface area contributed by atoms with Gasteiger partial charge in [0.05, 0.1) is 13.7 Å². The van der Waals surface area contributed by atoms with E-state index in [9.17, 15) is 5.11 Å². The van der Waals surface area contributed by atoms with Crippen LogP contribution in [0.4, 0.5) is 5.69 Å². The fourth-order valence-electron chi connectivity index (χ4n) is 1.22. The van der Waals surface area contributed by atoms with Gasteiger partial charge in [-0.25, -0.2) is 0 Å². The van der Waals surface area contributed by atoms with Crippen molar-refractivity contribution in [1.29, 1.82) is 0 Å². The Morgan fingerprint density at radius 3 is 2.71 bits per heavy atom. The molecule has 0 radical (unpaired) electrons. The number of aliphatic hydroxyl groups is 1. The van der Waals surface area contributed by atoms with Crippen molar-refractivity contribution in [3.8, 4) is 11.5 Å². The normalized spacial score (nSPS) is 9.93. The molecule has 0 aromatic heterocycles. The number of hydrogen-bond donors (Lipinski definition) is 3. The molecular weight excluding hydrogens is 182 g/mol. The number of ether oxygens (including phenoxy) is 1. The molecule has 0 fully saturated rings. The minimum absolute atomic E-state index is 0.0617. The van der Waals surface area contributed by atoms with Crippen molar-refractivity contribution in [2.75, 3.05) is 25.6 Å². The number of aromatic hydroxyl groups is 1. The van der Waals surface area contributed by atoms with Gasteiger partial charge in [0.1, 0.15) is 0 Å². The summed E-state index contributed by atoms with van der Waals surface area (Å²) in [5.41, 5.74) is 1.52. The Labute approximate surface area is 83.1 Å². The maximum Gasteiger partial charge on any atom is 0.162 e. The number of rotatable bonds is 4. The Morgan fingerprint density at radius 1 is 1.43 bits per heavy atom. The minimum Gasteiger partial charge on any atom is -0.504 e. The van der Waals surface area contributed by atoms with Gasteiger partial charge in [-0.15, -0.1) is 0 Å². The van der Waals surface area contributed by atoms with Crippen LogP contribution < -0.4 is 10.1 Å². The van der Waals surface area contributed by atoms with Crippen LogP contribution in [-0.4, -0.2) is 30.5 Å². The average Bonchev–Trinajstić information content (AvgIpc) is 2.20. The van der Waals surface area contributed by atoms with E-state index in [0.717, 1.165) is 11.3 Å². The highest BCUT2D eigenvalue weighted by Crippen LogP contribution is 2.33. The minimum atomic E-state index is 0.0617. The van der Waals surface area contributed by atoms with Gasteiger partial charge in [-0.3, -0.25) is 0 Å². The summed E-state index contributed by atoms with van der Waals surface area (Å²) < 4.78 is 4.96. The Bertz CT molecular complexity index is 312. The summed E-state index contributed by atoms with van der Waals surface area (Å²) in [6.45, 7) is 2.32. The summed E-state index contributed by atoms with van der Waals surface area (Å²) in [4.78, 5) is 0. The highest BCUT2D eigenvalue weighted by molar-refractivity contribution is 5.61. The van der Waals surface area contributed by atoms with Crippen LogP contribution in [0.2, 0.25) is 0 Å². The molecule has 4 heteroatoms. The predicted molar refractivity (Wildman–Crippen MR) is 55.0 cm³/mol. The van der Waals surface area contributed by atoms with Gasteiger partial charge in [0.15, 0.2) is 11.5 Å². The molecule has 0 aliphatic rings. The average molecular weight is 197 g/mol. The lowest BCUT2D eigenvalue weighted by Crippen LogP contribution is -2.06. The third kappa shape index (κ3) is 2.09. The number of methoxy groups -OCH3 is 1. The van der Waals surface area contributed by atoms with Crippen molar-refractivity contribution in [3.63, 3.8) is 0 Å². The van der Waals surface area contributed by atoms with E-state index < -0.39 is 0 Å². The molecule has 0 aliphatic carbocycles. The van der Waals surface area contributed by atoms with Gasteiger partial charge in [0, 0.05) is 17.8 Å². The number of nitrogens with one attached hydrogen (secondary N) is 1. The number of phenols is 1. The van der Waals surface area contributed by atoms with Gasteiger partial charge in [-0.2, -0.15) is 0 Å². The lowest BCUT2D eigenvalue weighted by Gasteiger charge is -2.12. The van der Waals surface area contributed by atoms with Crippen molar-refractivity contribution >= 4 is 5.69 Å². The van der Waals surface area contributed by atoms with Gasteiger partial charge >= 0.3 is 0 Å². The van der Waals surface area contributed by atoms with Crippen molar-refractivity contribution in [1.82, 2.24) is 0 Å². The Balaban J connectivity index is 2.92. The molecule has 0 saturated carbocycles. The summed E-state index contributed by atoms with van der Waals surface area (Å²) in [5, 5.41) is 21.3. The molecular formula is C10H15NO3. The van der Waals surface area contributed by atoms with E-state index in [0.29, 0.717) is 12.3 Å². The summed E-state index contributed by atoms with van der Waals surface area (Å²) in [6, 6.07) is 3.49. The molecule has 0 bridgehead atoms. The van der Waals surface area contributed by atoms with Crippen LogP contribution >= 0.6 is 0 Å². The van der Waals surface area contributed by atoms with Gasteiger partial charge < -0.3 is 20.3 Å². The van der Waals surface area contributed by atoms with E-state index in [-0.39, 0.29) is 12.4 Å². The van der Waals surface area contributed by atoms with Crippen LogP contribution in [0.25, 0.3) is 0 Å². The number of benzene rings is 1. The third-order valence-corrected chi connectivity index (χ3v) is 2.04. The largest absolute Gasteiger partial charge is 0.504 e. The van der Waals surface area contributed by atoms with Crippen LogP contribution in [0.15, 0.2) is 12.1 Å². The van der Waals surface area contributed by atoms with Gasteiger partial charge in [0.25, 0.3) is 0 Å². The molecule has 0 saturated heterocycles. The fourth-order valence-corrected chi connectivity index (χ4v) is 1.22. The molecule has 4 nitrogen and oxygen atoms in total. The number of hydrogen-bond acceptors (Lipinski definition) is 4. The maximum atomic E-state index is 9.65. The van der Waals surface area contributed by atoms with E-state index in [1.807, 2.05) is 6.07 Å². The first-order valence-electron chi connectivity index (χ1n) is 4.42. The second-order valence-corrected chi connectivity index (χ2v) is 2.94. The third-order valence-electron chi connectivity index (χ3n) is 2.04. The molecule has 0 atom stereocenters. The van der Waals surface area contributed by atoms with E-state index in [1.54, 1.807) is 13.0 Å². The van der Waals surface area contributed by atoms with Crippen molar-refractivity contribution in [3.05, 3.63) is 17.7 Å². The van der Waals surface area contributed by atoms with Crippen molar-refractivity contribution in [2.45, 2.75) is 6.92 Å². The Kier molecular flexibility index (Phi) is 3.59. The van der Waals surface area contributed by atoms with Gasteiger partial charge in [-0.05, 0) is 19.1 Å². The Hall–Kier alpha value is -1.42. The molecule has 0 spiro atoms. The van der Waals surface area contributed by atoms with E-state index in [4.69, 9.17) is 9.84 Å². The first-order chi connectivity index (χ1) is 6.70. The lowest BCUT2D eigenvalue weighted by atomic mass is 10.1. The van der Waals surface area contributed by atoms with Crippen LogP contribution in [0.3, 0.4) is 0 Å². The molecule has 78 valence electrons. The first kappa shape index (κ1) is 10.7. The quantitative estimate of drug-likeness (QED) is 0.676. The highest BCUT2D eigenvalue weighted by atomic mass is 16.5. The number of anilines is 1. The topological polar surface area (TPSA) is 61.7 Å². The molecule has 0 heterocycles. The monoisotopic (exact) mass is 197 g/mol. The molecule has 1 aromatic rings. The van der Waals surface area contributed by atoms with Crippen molar-refractivity contribution in [2.24, 2.45) is 0 Å². The van der Waals surface area contributed by atoms with Crippen LogP contribution in [0.5, 0.6) is 11.5 Å². The zero-order valence-corrected chi connectivity index (χ0v) is 8.37. The zero-order chi connectivity index (χ0) is 10.6. The van der Waals surface area contributed by atoms with Crippen molar-refractivity contribution < 1.29 is 14.9 Å². The number of phenolic OH excluding ortho intramolecular Hbond substituents is 1. The molecule has 3 N–H and O–H groups in total. The fraction of sp³-hybridized carbons (Fsp3) is 0.400. The molecule has 1 rings (SSSR count). The summed E-state index contributed by atoms with van der Waals surface area (Å²) >= 11 is 0. The van der Waals surface area contributed by atoms with Gasteiger partial charge in [0.2, 0.25) is 0 Å². The van der Waals surface area contributed by atoms with E-state index >= 15 is 0 Å². The highest BCUT2D eigenvalue weighted by Gasteiger charge is 2.08. The predicted octanol–water partition coefficient (Wildman–Crippen LogP) is 1.11.